The Labute approximate surface area is 124 Å². The summed E-state index contributed by atoms with van der Waals surface area (Å²) in [6.45, 7) is 3.29. The average Bonchev–Trinajstić information content (AvgIpc) is 2.50. The van der Waals surface area contributed by atoms with E-state index in [0.29, 0.717) is 5.56 Å². The third kappa shape index (κ3) is 3.19. The Morgan fingerprint density at radius 2 is 1.85 bits per heavy atom. The Hall–Kier alpha value is -2.27. The van der Waals surface area contributed by atoms with Crippen LogP contribution in [0.2, 0.25) is 0 Å². The summed E-state index contributed by atoms with van der Waals surface area (Å²) in [4.78, 5) is 23.1. The van der Waals surface area contributed by atoms with Gasteiger partial charge in [0, 0.05) is 5.56 Å². The van der Waals surface area contributed by atoms with E-state index < -0.39 is 5.91 Å². The van der Waals surface area contributed by atoms with Crippen molar-refractivity contribution in [2.24, 2.45) is 5.10 Å². The van der Waals surface area contributed by atoms with Crippen molar-refractivity contribution in [1.29, 1.82) is 0 Å². The van der Waals surface area contributed by atoms with Gasteiger partial charge >= 0.3 is 0 Å². The van der Waals surface area contributed by atoms with Gasteiger partial charge in [-0.25, -0.2) is 5.43 Å². The van der Waals surface area contributed by atoms with Crippen molar-refractivity contribution in [3.05, 3.63) is 60.7 Å². The van der Waals surface area contributed by atoms with E-state index in [2.05, 4.69) is 33.0 Å². The van der Waals surface area contributed by atoms with Crippen molar-refractivity contribution in [1.82, 2.24) is 5.43 Å². The number of nitrogens with zero attached hydrogens (tertiary/aromatic N) is 1. The maximum absolute atomic E-state index is 12.1. The second-order valence-corrected chi connectivity index (χ2v) is 4.72. The lowest BCUT2D eigenvalue weighted by Crippen LogP contribution is -2.18. The number of hydrogen-bond acceptors (Lipinski definition) is 3. The highest BCUT2D eigenvalue weighted by molar-refractivity contribution is 9.19. The lowest BCUT2D eigenvalue weighted by atomic mass is 10.1. The number of hydrogen-bond donors (Lipinski definition) is 1. The number of halogens is 1. The molecule has 0 radical (unpaired) electrons. The summed E-state index contributed by atoms with van der Waals surface area (Å²) in [5.41, 5.74) is 2.68. The first kappa shape index (κ1) is 14.1. The largest absolute Gasteiger partial charge is 0.286 e. The summed E-state index contributed by atoms with van der Waals surface area (Å²) in [7, 11) is 0. The van der Waals surface area contributed by atoms with Crippen molar-refractivity contribution in [2.45, 2.75) is 0 Å². The van der Waals surface area contributed by atoms with Crippen LogP contribution >= 0.6 is 15.9 Å². The van der Waals surface area contributed by atoms with Crippen molar-refractivity contribution in [3.8, 4) is 0 Å². The summed E-state index contributed by atoms with van der Waals surface area (Å²) in [6.07, 6.45) is 1.07. The molecule has 5 heteroatoms. The van der Waals surface area contributed by atoms with Crippen molar-refractivity contribution < 1.29 is 9.59 Å². The number of amides is 1. The Balaban J connectivity index is 2.26. The maximum Gasteiger partial charge on any atom is 0.263 e. The van der Waals surface area contributed by atoms with Crippen LogP contribution in [0.4, 0.5) is 0 Å². The van der Waals surface area contributed by atoms with Crippen LogP contribution in [0, 0.1) is 0 Å². The van der Waals surface area contributed by atoms with Crippen molar-refractivity contribution in [3.63, 3.8) is 0 Å². The summed E-state index contributed by atoms with van der Waals surface area (Å²) in [5, 5.41) is 5.68. The van der Waals surface area contributed by atoms with Gasteiger partial charge in [0.15, 0.2) is 4.62 Å². The van der Waals surface area contributed by atoms with E-state index in [0.717, 1.165) is 16.8 Å². The lowest BCUT2D eigenvalue weighted by molar-refractivity contribution is -0.116. The molecule has 0 saturated heterocycles. The summed E-state index contributed by atoms with van der Waals surface area (Å²) in [5.74, 6) is -0.784. The Morgan fingerprint density at radius 3 is 2.55 bits per heavy atom. The third-order valence-corrected chi connectivity index (χ3v) is 3.19. The van der Waals surface area contributed by atoms with E-state index in [1.54, 1.807) is 12.1 Å². The van der Waals surface area contributed by atoms with Crippen LogP contribution in [-0.4, -0.2) is 16.3 Å². The van der Waals surface area contributed by atoms with Gasteiger partial charge in [0.25, 0.3) is 5.91 Å². The summed E-state index contributed by atoms with van der Waals surface area (Å²) >= 11 is 3.05. The molecule has 20 heavy (non-hydrogen) atoms. The predicted molar refractivity (Wildman–Crippen MR) is 83.0 cm³/mol. The van der Waals surface area contributed by atoms with Gasteiger partial charge in [-0.3, -0.25) is 9.59 Å². The maximum atomic E-state index is 12.1. The smallest absolute Gasteiger partial charge is 0.263 e. The van der Waals surface area contributed by atoms with E-state index >= 15 is 0 Å². The van der Waals surface area contributed by atoms with E-state index in [9.17, 15) is 9.59 Å². The zero-order chi connectivity index (χ0) is 14.5. The van der Waals surface area contributed by atoms with Gasteiger partial charge in [0.05, 0.1) is 0 Å². The minimum Gasteiger partial charge on any atom is -0.286 e. The molecule has 100 valence electrons. The fraction of sp³-hybridized carbons (Fsp3) is 0. The van der Waals surface area contributed by atoms with Crippen LogP contribution in [0.3, 0.4) is 0 Å². The van der Waals surface area contributed by atoms with Crippen molar-refractivity contribution in [2.75, 3.05) is 0 Å². The Kier molecular flexibility index (Phi) is 4.42. The second-order valence-electron chi connectivity index (χ2n) is 3.97. The molecule has 0 aromatic heterocycles. The molecule has 0 spiro atoms. The van der Waals surface area contributed by atoms with Crippen LogP contribution in [0.25, 0.3) is 10.8 Å². The lowest BCUT2D eigenvalue weighted by Gasteiger charge is -2.02. The zero-order valence-electron chi connectivity index (χ0n) is 10.5. The normalized spacial score (nSPS) is 11.2. The molecule has 1 N–H and O–H groups in total. The number of benzene rings is 2. The highest BCUT2D eigenvalue weighted by Crippen LogP contribution is 2.17. The van der Waals surface area contributed by atoms with Gasteiger partial charge in [-0.2, -0.15) is 5.10 Å². The number of carbonyl (C=O) groups is 2. The number of Topliss-reactive ketones (excluding diaryl/α,β-unsaturated/α-hetero) is 1. The minimum absolute atomic E-state index is 0.0305. The Morgan fingerprint density at radius 1 is 1.15 bits per heavy atom. The van der Waals surface area contributed by atoms with Crippen molar-refractivity contribution >= 4 is 43.0 Å². The van der Waals surface area contributed by atoms with Gasteiger partial charge in [0.2, 0.25) is 5.78 Å². The molecular formula is C15H11BrN2O2. The van der Waals surface area contributed by atoms with Gasteiger partial charge in [0.1, 0.15) is 0 Å². The summed E-state index contributed by atoms with van der Waals surface area (Å²) in [6, 6.07) is 13.1. The fourth-order valence-electron chi connectivity index (χ4n) is 1.65. The molecule has 2 aromatic carbocycles. The van der Waals surface area contributed by atoms with Crippen LogP contribution in [0.15, 0.2) is 60.2 Å². The first-order valence-corrected chi connectivity index (χ1v) is 6.60. The molecule has 0 aliphatic rings. The van der Waals surface area contributed by atoms with Gasteiger partial charge < -0.3 is 0 Å². The van der Waals surface area contributed by atoms with E-state index in [4.69, 9.17) is 0 Å². The molecular weight excluding hydrogens is 320 g/mol. The number of hydrazone groups is 1. The molecule has 0 atom stereocenters. The second kappa shape index (κ2) is 6.25. The summed E-state index contributed by atoms with van der Waals surface area (Å²) < 4.78 is 0.0305. The monoisotopic (exact) mass is 330 g/mol. The molecule has 4 nitrogen and oxygen atoms in total. The average molecular weight is 331 g/mol. The molecule has 2 aromatic rings. The highest BCUT2D eigenvalue weighted by Gasteiger charge is 2.12. The van der Waals surface area contributed by atoms with E-state index in [-0.39, 0.29) is 10.4 Å². The van der Waals surface area contributed by atoms with Crippen LogP contribution in [-0.2, 0) is 4.79 Å². The number of carbonyl (C=O) groups excluding carboxylic acids is 2. The first-order chi connectivity index (χ1) is 9.61. The first-order valence-electron chi connectivity index (χ1n) is 5.81. The predicted octanol–water partition coefficient (Wildman–Crippen LogP) is 3.03. The molecule has 0 unspecified atom stereocenters. The molecule has 0 aliphatic heterocycles. The standard InChI is InChI=1S/C15H11BrN2O2/c1-2-13(19)17-18-15(16)14(20)12-8-7-10-5-3-4-6-11(10)9-12/h2-9H,1H2,(H,17,19). The van der Waals surface area contributed by atoms with Gasteiger partial charge in [-0.05, 0) is 38.8 Å². The highest BCUT2D eigenvalue weighted by atomic mass is 79.9. The molecule has 2 rings (SSSR count). The molecule has 0 aliphatic carbocycles. The molecule has 0 saturated carbocycles. The molecule has 0 fully saturated rings. The molecule has 0 bridgehead atoms. The van der Waals surface area contributed by atoms with E-state index in [1.807, 2.05) is 30.3 Å². The van der Waals surface area contributed by atoms with Crippen LogP contribution in [0.5, 0.6) is 0 Å². The van der Waals surface area contributed by atoms with E-state index in [1.165, 1.54) is 0 Å². The SMILES string of the molecule is C=CC(=O)NN=C(Br)C(=O)c1ccc2ccccc2c1. The van der Waals surface area contributed by atoms with Gasteiger partial charge in [-0.15, -0.1) is 0 Å². The topological polar surface area (TPSA) is 58.5 Å². The minimum atomic E-state index is -0.478. The van der Waals surface area contributed by atoms with Gasteiger partial charge in [-0.1, -0.05) is 43.0 Å². The number of fused-ring (bicyclic) bond motifs is 1. The van der Waals surface area contributed by atoms with Crippen LogP contribution < -0.4 is 5.43 Å². The number of rotatable bonds is 4. The Bertz CT molecular complexity index is 723. The number of ketones is 1. The number of nitrogens with one attached hydrogen (secondary N) is 1. The molecule has 0 heterocycles. The van der Waals surface area contributed by atoms with Crippen LogP contribution in [0.1, 0.15) is 10.4 Å². The fourth-order valence-corrected chi connectivity index (χ4v) is 1.97. The quantitative estimate of drug-likeness (QED) is 0.405. The molecule has 1 amide bonds. The zero-order valence-corrected chi connectivity index (χ0v) is 12.1. The third-order valence-electron chi connectivity index (χ3n) is 2.65.